The monoisotopic (exact) mass is 282 g/mol. The summed E-state index contributed by atoms with van der Waals surface area (Å²) in [5, 5.41) is 9.37. The fourth-order valence-electron chi connectivity index (χ4n) is 2.60. The van der Waals surface area contributed by atoms with Crippen molar-refractivity contribution < 1.29 is 9.14 Å². The highest BCUT2D eigenvalue weighted by atomic mass is 16.5. The first kappa shape index (κ1) is 13.3. The van der Waals surface area contributed by atoms with Gasteiger partial charge in [-0.3, -0.25) is 4.98 Å². The molecule has 0 saturated carbocycles. The number of hydrogen-bond acceptors (Lipinski definition) is 4. The van der Waals surface area contributed by atoms with Gasteiger partial charge >= 0.3 is 0 Å². The zero-order chi connectivity index (χ0) is 15.0. The second-order valence-electron chi connectivity index (χ2n) is 4.90. The summed E-state index contributed by atoms with van der Waals surface area (Å²) in [6, 6.07) is 5.75. The Bertz CT molecular complexity index is 875. The minimum Gasteiger partial charge on any atom is -0.469 e. The van der Waals surface area contributed by atoms with E-state index in [-0.39, 0.29) is 0 Å². The van der Waals surface area contributed by atoms with Gasteiger partial charge in [0.25, 0.3) is 11.5 Å². The highest BCUT2D eigenvalue weighted by Crippen LogP contribution is 2.18. The van der Waals surface area contributed by atoms with Crippen molar-refractivity contribution in [2.24, 2.45) is 0 Å². The van der Waals surface area contributed by atoms with E-state index in [4.69, 9.17) is 4.74 Å². The molecule has 6 heteroatoms. The average molecular weight is 282 g/mol. The van der Waals surface area contributed by atoms with E-state index in [0.717, 1.165) is 29.9 Å². The summed E-state index contributed by atoms with van der Waals surface area (Å²) in [7, 11) is 1.59. The van der Waals surface area contributed by atoms with Crippen LogP contribution in [0.3, 0.4) is 0 Å². The lowest BCUT2D eigenvalue weighted by Gasteiger charge is -2.01. The number of H-pyrrole nitrogens is 1. The van der Waals surface area contributed by atoms with E-state index in [9.17, 15) is 5.26 Å². The molecule has 0 amide bonds. The maximum atomic E-state index is 9.37. The Labute approximate surface area is 122 Å². The van der Waals surface area contributed by atoms with Crippen molar-refractivity contribution in [3.8, 4) is 11.9 Å². The molecule has 3 aromatic rings. The topological polar surface area (TPSA) is 78.7 Å². The van der Waals surface area contributed by atoms with E-state index >= 15 is 0 Å². The minimum absolute atomic E-state index is 0.408. The molecule has 0 spiro atoms. The lowest BCUT2D eigenvalue weighted by Crippen LogP contribution is -2.29. The molecule has 1 N–H and O–H groups in total. The Balaban J connectivity index is 2.51. The van der Waals surface area contributed by atoms with Crippen LogP contribution in [0.5, 0.6) is 5.88 Å². The number of ether oxygens (including phenoxy) is 1. The Morgan fingerprint density at radius 2 is 2.19 bits per heavy atom. The van der Waals surface area contributed by atoms with Gasteiger partial charge in [0.1, 0.15) is 17.3 Å². The van der Waals surface area contributed by atoms with Crippen molar-refractivity contribution in [1.82, 2.24) is 15.0 Å². The van der Waals surface area contributed by atoms with Crippen LogP contribution in [0, 0.1) is 18.3 Å². The summed E-state index contributed by atoms with van der Waals surface area (Å²) in [5.74, 6) is 1.55. The lowest BCUT2D eigenvalue weighted by molar-refractivity contribution is -0.494. The van der Waals surface area contributed by atoms with Crippen molar-refractivity contribution in [3.05, 3.63) is 29.3 Å². The maximum absolute atomic E-state index is 9.37. The maximum Gasteiger partial charge on any atom is 0.297 e. The predicted molar refractivity (Wildman–Crippen MR) is 77.0 cm³/mol. The van der Waals surface area contributed by atoms with Gasteiger partial charge < -0.3 is 4.74 Å². The lowest BCUT2D eigenvalue weighted by atomic mass is 10.3. The van der Waals surface area contributed by atoms with Crippen LogP contribution in [0.1, 0.15) is 30.6 Å². The molecule has 0 bridgehead atoms. The van der Waals surface area contributed by atoms with Crippen LogP contribution < -0.4 is 9.14 Å². The van der Waals surface area contributed by atoms with Crippen LogP contribution in [0.4, 0.5) is 0 Å². The number of aromatic nitrogens is 4. The minimum atomic E-state index is 0.408. The van der Waals surface area contributed by atoms with E-state index in [2.05, 4.69) is 27.9 Å². The van der Waals surface area contributed by atoms with Gasteiger partial charge in [0.2, 0.25) is 5.82 Å². The number of pyridine rings is 1. The molecule has 21 heavy (non-hydrogen) atoms. The molecule has 0 aromatic carbocycles. The third kappa shape index (κ3) is 1.98. The molecule has 0 aliphatic carbocycles. The number of rotatable bonds is 3. The van der Waals surface area contributed by atoms with E-state index in [1.165, 1.54) is 0 Å². The van der Waals surface area contributed by atoms with Crippen molar-refractivity contribution >= 4 is 16.7 Å². The van der Waals surface area contributed by atoms with Crippen molar-refractivity contribution in [3.63, 3.8) is 0 Å². The van der Waals surface area contributed by atoms with Crippen LogP contribution in [0.2, 0.25) is 0 Å². The Morgan fingerprint density at radius 1 is 1.38 bits per heavy atom. The van der Waals surface area contributed by atoms with Gasteiger partial charge in [-0.05, 0) is 19.4 Å². The molecule has 106 valence electrons. The molecule has 0 aliphatic rings. The van der Waals surface area contributed by atoms with Crippen molar-refractivity contribution in [2.75, 3.05) is 7.11 Å². The van der Waals surface area contributed by atoms with Gasteiger partial charge in [-0.2, -0.15) is 9.66 Å². The Hall–Kier alpha value is -2.68. The molecule has 0 fully saturated rings. The van der Waals surface area contributed by atoms with Crippen molar-refractivity contribution in [1.29, 1.82) is 5.26 Å². The largest absolute Gasteiger partial charge is 0.469 e. The van der Waals surface area contributed by atoms with E-state index < -0.39 is 0 Å². The quantitative estimate of drug-likeness (QED) is 0.743. The average Bonchev–Trinajstić information content (AvgIpc) is 2.83. The molecule has 0 saturated heterocycles. The molecule has 6 nitrogen and oxygen atoms in total. The smallest absolute Gasteiger partial charge is 0.297 e. The number of aromatic amines is 1. The number of nitrogens with zero attached hydrogens (tertiary/aromatic N) is 4. The summed E-state index contributed by atoms with van der Waals surface area (Å²) < 4.78 is 7.20. The van der Waals surface area contributed by atoms with Crippen LogP contribution in [-0.4, -0.2) is 22.1 Å². The number of fused-ring (bicyclic) bond motifs is 3. The number of nitrogens with one attached hydrogen (secondary N) is 1. The van der Waals surface area contributed by atoms with E-state index in [1.54, 1.807) is 13.2 Å². The number of nitriles is 1. The number of hydrogen-bond donors (Lipinski definition) is 1. The third-order valence-electron chi connectivity index (χ3n) is 3.48. The van der Waals surface area contributed by atoms with Gasteiger partial charge in [0.15, 0.2) is 11.2 Å². The highest BCUT2D eigenvalue weighted by molar-refractivity contribution is 5.72. The first-order chi connectivity index (χ1) is 10.2. The standard InChI is InChI=1S/C15H15N5O/c1-4-5-12-17-9(2)14-11(8-16)18-10-6-7-13(21-3)19-15(10)20(12)14/h6-7H,4-5H2,1-3H3/p+1. The van der Waals surface area contributed by atoms with Gasteiger partial charge in [0.05, 0.1) is 7.11 Å². The second-order valence-corrected chi connectivity index (χ2v) is 4.90. The Kier molecular flexibility index (Phi) is 3.18. The second kappa shape index (κ2) is 5.02. The normalized spacial score (nSPS) is 11.0. The highest BCUT2D eigenvalue weighted by Gasteiger charge is 2.23. The third-order valence-corrected chi connectivity index (χ3v) is 3.48. The zero-order valence-corrected chi connectivity index (χ0v) is 12.3. The molecule has 3 heterocycles. The molecular weight excluding hydrogens is 266 g/mol. The summed E-state index contributed by atoms with van der Waals surface area (Å²) in [6.07, 6.45) is 1.87. The molecule has 0 radical (unpaired) electrons. The van der Waals surface area contributed by atoms with Gasteiger partial charge in [-0.25, -0.2) is 4.98 Å². The van der Waals surface area contributed by atoms with E-state index in [1.807, 2.05) is 17.4 Å². The molecule has 0 aliphatic heterocycles. The number of aryl methyl sites for hydroxylation is 2. The van der Waals surface area contributed by atoms with E-state index in [0.29, 0.717) is 22.7 Å². The Morgan fingerprint density at radius 3 is 2.86 bits per heavy atom. The summed E-state index contributed by atoms with van der Waals surface area (Å²) in [5.41, 5.74) is 3.51. The number of imidazole rings is 1. The molecule has 3 aromatic heterocycles. The fraction of sp³-hybridized carbons (Fsp3) is 0.333. The van der Waals surface area contributed by atoms with Crippen LogP contribution in [0.25, 0.3) is 16.7 Å². The molecule has 0 unspecified atom stereocenters. The first-order valence-corrected chi connectivity index (χ1v) is 6.87. The summed E-state index contributed by atoms with van der Waals surface area (Å²) in [4.78, 5) is 12.3. The number of methoxy groups -OCH3 is 1. The summed E-state index contributed by atoms with van der Waals surface area (Å²) >= 11 is 0. The van der Waals surface area contributed by atoms with Gasteiger partial charge in [-0.15, -0.1) is 0 Å². The zero-order valence-electron chi connectivity index (χ0n) is 12.3. The SMILES string of the molecule is CCCc1[nH]c(C)c2c(C#N)nc3ccc(OC)nc3[n+]12. The fourth-order valence-corrected chi connectivity index (χ4v) is 2.60. The van der Waals surface area contributed by atoms with Gasteiger partial charge in [0, 0.05) is 12.5 Å². The van der Waals surface area contributed by atoms with Gasteiger partial charge in [-0.1, -0.05) is 11.9 Å². The predicted octanol–water partition coefficient (Wildman–Crippen LogP) is 1.84. The first-order valence-electron chi connectivity index (χ1n) is 6.87. The summed E-state index contributed by atoms with van der Waals surface area (Å²) in [6.45, 7) is 4.06. The molecule has 0 atom stereocenters. The van der Waals surface area contributed by atoms with Crippen LogP contribution >= 0.6 is 0 Å². The van der Waals surface area contributed by atoms with Crippen LogP contribution in [-0.2, 0) is 6.42 Å². The molecular formula is C15H16N5O+. The molecule has 3 rings (SSSR count). The van der Waals surface area contributed by atoms with Crippen LogP contribution in [0.15, 0.2) is 12.1 Å². The van der Waals surface area contributed by atoms with Crippen molar-refractivity contribution in [2.45, 2.75) is 26.7 Å².